The van der Waals surface area contributed by atoms with Crippen molar-refractivity contribution in [2.45, 2.75) is 26.0 Å². The molecule has 0 aliphatic carbocycles. The van der Waals surface area contributed by atoms with Crippen molar-refractivity contribution in [2.75, 3.05) is 6.61 Å². The number of imidazole rings is 1. The smallest absolute Gasteiger partial charge is 0.256 e. The number of benzene rings is 2. The third kappa shape index (κ3) is 3.40. The molecule has 0 spiro atoms. The van der Waals surface area contributed by atoms with Gasteiger partial charge >= 0.3 is 0 Å². The SMILES string of the molecule is CCc1n(C[C@@H](O)COc2ccc(Cl)cc2)c2ccccc2[n+]1C. The van der Waals surface area contributed by atoms with Crippen LogP contribution in [-0.2, 0) is 20.0 Å². The first-order chi connectivity index (χ1) is 11.6. The number of fused-ring (bicyclic) bond motifs is 1. The van der Waals surface area contributed by atoms with Crippen molar-refractivity contribution in [3.05, 3.63) is 59.4 Å². The van der Waals surface area contributed by atoms with Crippen LogP contribution in [-0.4, -0.2) is 22.4 Å². The minimum Gasteiger partial charge on any atom is -0.491 e. The molecular weight excluding hydrogens is 324 g/mol. The molecule has 0 amide bonds. The molecule has 1 aromatic heterocycles. The van der Waals surface area contributed by atoms with Crippen molar-refractivity contribution in [1.82, 2.24) is 4.57 Å². The summed E-state index contributed by atoms with van der Waals surface area (Å²) in [7, 11) is 2.06. The number of para-hydroxylation sites is 2. The molecule has 0 fully saturated rings. The summed E-state index contributed by atoms with van der Waals surface area (Å²) >= 11 is 5.86. The molecule has 0 saturated heterocycles. The van der Waals surface area contributed by atoms with E-state index in [1.807, 2.05) is 12.1 Å². The summed E-state index contributed by atoms with van der Waals surface area (Å²) in [6.45, 7) is 2.86. The number of nitrogens with zero attached hydrogens (tertiary/aromatic N) is 2. The molecule has 126 valence electrons. The third-order valence-electron chi connectivity index (χ3n) is 4.20. The van der Waals surface area contributed by atoms with Crippen LogP contribution in [0.4, 0.5) is 0 Å². The molecule has 1 atom stereocenters. The van der Waals surface area contributed by atoms with Crippen molar-refractivity contribution in [3.63, 3.8) is 0 Å². The lowest BCUT2D eigenvalue weighted by atomic mass is 10.3. The maximum Gasteiger partial charge on any atom is 0.256 e. The van der Waals surface area contributed by atoms with Gasteiger partial charge in [0.15, 0.2) is 11.0 Å². The van der Waals surface area contributed by atoms with Crippen molar-refractivity contribution in [1.29, 1.82) is 0 Å². The van der Waals surface area contributed by atoms with E-state index < -0.39 is 6.10 Å². The van der Waals surface area contributed by atoms with Crippen molar-refractivity contribution in [2.24, 2.45) is 7.05 Å². The number of ether oxygens (including phenoxy) is 1. The summed E-state index contributed by atoms with van der Waals surface area (Å²) < 4.78 is 10.0. The van der Waals surface area contributed by atoms with Crippen LogP contribution in [0, 0.1) is 0 Å². The van der Waals surface area contributed by atoms with Crippen LogP contribution < -0.4 is 9.30 Å². The maximum absolute atomic E-state index is 10.4. The standard InChI is InChI=1S/C19H22ClN2O2/c1-3-19-21(2)17-6-4-5-7-18(17)22(19)12-15(23)13-24-16-10-8-14(20)9-11-16/h4-11,15,23H,3,12-13H2,1-2H3/q+1/t15-/m1/s1. The monoisotopic (exact) mass is 345 g/mol. The molecule has 5 heteroatoms. The van der Waals surface area contributed by atoms with Crippen molar-refractivity contribution >= 4 is 22.6 Å². The zero-order valence-electron chi connectivity index (χ0n) is 13.9. The van der Waals surface area contributed by atoms with Gasteiger partial charge in [-0.15, -0.1) is 0 Å². The summed E-state index contributed by atoms with van der Waals surface area (Å²) in [5.74, 6) is 1.89. The topological polar surface area (TPSA) is 38.3 Å². The van der Waals surface area contributed by atoms with Gasteiger partial charge in [0, 0.05) is 11.4 Å². The first-order valence-electron chi connectivity index (χ1n) is 8.12. The molecule has 2 aromatic carbocycles. The number of aliphatic hydroxyl groups is 1. The average Bonchev–Trinajstić information content (AvgIpc) is 2.86. The van der Waals surface area contributed by atoms with E-state index >= 15 is 0 Å². The molecule has 0 radical (unpaired) electrons. The molecule has 0 bridgehead atoms. The largest absolute Gasteiger partial charge is 0.491 e. The molecule has 0 saturated carbocycles. The predicted octanol–water partition coefficient (Wildman–Crippen LogP) is 3.12. The van der Waals surface area contributed by atoms with Gasteiger partial charge in [-0.1, -0.05) is 30.7 Å². The average molecular weight is 346 g/mol. The molecule has 3 aromatic rings. The van der Waals surface area contributed by atoms with Crippen LogP contribution in [0.25, 0.3) is 11.0 Å². The fraction of sp³-hybridized carbons (Fsp3) is 0.316. The van der Waals surface area contributed by atoms with Gasteiger partial charge in [-0.25, -0.2) is 9.13 Å². The van der Waals surface area contributed by atoms with Crippen LogP contribution in [0.3, 0.4) is 0 Å². The summed E-state index contributed by atoms with van der Waals surface area (Å²) in [6.07, 6.45) is 0.303. The highest BCUT2D eigenvalue weighted by molar-refractivity contribution is 6.30. The minimum absolute atomic E-state index is 0.237. The summed E-state index contributed by atoms with van der Waals surface area (Å²) in [4.78, 5) is 0. The highest BCUT2D eigenvalue weighted by atomic mass is 35.5. The Morgan fingerprint density at radius 2 is 1.88 bits per heavy atom. The highest BCUT2D eigenvalue weighted by Crippen LogP contribution is 2.17. The van der Waals surface area contributed by atoms with Gasteiger partial charge in [-0.2, -0.15) is 0 Å². The van der Waals surface area contributed by atoms with Crippen LogP contribution in [0.5, 0.6) is 5.75 Å². The van der Waals surface area contributed by atoms with Gasteiger partial charge in [0.1, 0.15) is 25.0 Å². The summed E-state index contributed by atoms with van der Waals surface area (Å²) in [5.41, 5.74) is 2.29. The Bertz CT molecular complexity index is 827. The number of hydrogen-bond acceptors (Lipinski definition) is 2. The molecule has 4 nitrogen and oxygen atoms in total. The fourth-order valence-corrected chi connectivity index (χ4v) is 3.18. The number of aliphatic hydroxyl groups excluding tert-OH is 1. The van der Waals surface area contributed by atoms with Gasteiger partial charge in [-0.3, -0.25) is 0 Å². The van der Waals surface area contributed by atoms with Gasteiger partial charge in [0.2, 0.25) is 0 Å². The normalized spacial score (nSPS) is 12.5. The van der Waals surface area contributed by atoms with Crippen molar-refractivity contribution in [3.8, 4) is 5.75 Å². The molecular formula is C19H22ClN2O2+. The Morgan fingerprint density at radius 1 is 1.17 bits per heavy atom. The summed E-state index contributed by atoms with van der Waals surface area (Å²) in [6, 6.07) is 15.4. The molecule has 1 N–H and O–H groups in total. The first kappa shape index (κ1) is 16.8. The van der Waals surface area contributed by atoms with E-state index in [2.05, 4.69) is 35.2 Å². The van der Waals surface area contributed by atoms with Crippen LogP contribution in [0.1, 0.15) is 12.7 Å². The van der Waals surface area contributed by atoms with Gasteiger partial charge in [0.25, 0.3) is 5.82 Å². The lowest BCUT2D eigenvalue weighted by Gasteiger charge is -2.12. The maximum atomic E-state index is 10.4. The van der Waals surface area contributed by atoms with Crippen LogP contribution >= 0.6 is 11.6 Å². The van der Waals surface area contributed by atoms with Crippen molar-refractivity contribution < 1.29 is 14.4 Å². The molecule has 0 aliphatic heterocycles. The zero-order chi connectivity index (χ0) is 17.1. The molecule has 3 rings (SSSR count). The van der Waals surface area contributed by atoms with E-state index in [4.69, 9.17) is 16.3 Å². The van der Waals surface area contributed by atoms with E-state index in [0.717, 1.165) is 11.9 Å². The van der Waals surface area contributed by atoms with E-state index in [1.54, 1.807) is 24.3 Å². The Balaban J connectivity index is 1.75. The van der Waals surface area contributed by atoms with Crippen LogP contribution in [0.2, 0.25) is 5.02 Å². The van der Waals surface area contributed by atoms with E-state index in [0.29, 0.717) is 17.3 Å². The van der Waals surface area contributed by atoms with Crippen LogP contribution in [0.15, 0.2) is 48.5 Å². The summed E-state index contributed by atoms with van der Waals surface area (Å²) in [5, 5.41) is 11.1. The van der Waals surface area contributed by atoms with Gasteiger partial charge < -0.3 is 9.84 Å². The lowest BCUT2D eigenvalue weighted by molar-refractivity contribution is -0.653. The second-order valence-corrected chi connectivity index (χ2v) is 6.28. The van der Waals surface area contributed by atoms with Gasteiger partial charge in [-0.05, 0) is 36.4 Å². The molecule has 24 heavy (non-hydrogen) atoms. The van der Waals surface area contributed by atoms with Gasteiger partial charge in [0.05, 0.1) is 7.05 Å². The van der Waals surface area contributed by atoms with E-state index in [1.165, 1.54) is 11.3 Å². The number of aryl methyl sites for hydroxylation is 1. The first-order valence-corrected chi connectivity index (χ1v) is 8.50. The number of rotatable bonds is 6. The number of halogens is 1. The Hall–Kier alpha value is -2.04. The predicted molar refractivity (Wildman–Crippen MR) is 95.4 cm³/mol. The minimum atomic E-state index is -0.596. The number of aromatic nitrogens is 2. The molecule has 0 aliphatic rings. The zero-order valence-corrected chi connectivity index (χ0v) is 14.7. The fourth-order valence-electron chi connectivity index (χ4n) is 3.05. The second kappa shape index (κ2) is 7.24. The Morgan fingerprint density at radius 3 is 2.58 bits per heavy atom. The van der Waals surface area contributed by atoms with E-state index in [-0.39, 0.29) is 6.61 Å². The lowest BCUT2D eigenvalue weighted by Crippen LogP contribution is -2.34. The number of hydrogen-bond donors (Lipinski definition) is 1. The third-order valence-corrected chi connectivity index (χ3v) is 4.45. The molecule has 1 heterocycles. The Kier molecular flexibility index (Phi) is 5.07. The highest BCUT2D eigenvalue weighted by Gasteiger charge is 2.23. The second-order valence-electron chi connectivity index (χ2n) is 5.85. The molecule has 0 unspecified atom stereocenters. The van der Waals surface area contributed by atoms with E-state index in [9.17, 15) is 5.11 Å². The quantitative estimate of drug-likeness (QED) is 0.697. The Labute approximate surface area is 146 Å².